The predicted octanol–water partition coefficient (Wildman–Crippen LogP) is 3.70. The highest BCUT2D eigenvalue weighted by Gasteiger charge is 2.28. The van der Waals surface area contributed by atoms with Crippen molar-refractivity contribution in [3.63, 3.8) is 0 Å². The highest BCUT2D eigenvalue weighted by molar-refractivity contribution is 5.94. The second kappa shape index (κ2) is 8.13. The predicted molar refractivity (Wildman–Crippen MR) is 107 cm³/mol. The third-order valence-corrected chi connectivity index (χ3v) is 5.40. The lowest BCUT2D eigenvalue weighted by molar-refractivity contribution is 0.0551. The third kappa shape index (κ3) is 4.05. The number of hydrogen-bond acceptors (Lipinski definition) is 5. The van der Waals surface area contributed by atoms with Crippen molar-refractivity contribution < 1.29 is 13.7 Å². The van der Waals surface area contributed by atoms with Gasteiger partial charge in [-0.05, 0) is 37.6 Å². The largest absolute Gasteiger partial charge is 0.337 e. The van der Waals surface area contributed by atoms with Crippen LogP contribution in [0.4, 0.5) is 4.39 Å². The fraction of sp³-hybridized carbons (Fsp3) is 0.318. The number of piperazine rings is 1. The van der Waals surface area contributed by atoms with Crippen LogP contribution in [-0.4, -0.2) is 52.0 Å². The maximum absolute atomic E-state index is 13.8. The molecule has 7 heteroatoms. The van der Waals surface area contributed by atoms with E-state index in [0.717, 1.165) is 13.1 Å². The number of aryl methyl sites for hydroxylation is 1. The highest BCUT2D eigenvalue weighted by atomic mass is 19.1. The van der Waals surface area contributed by atoms with Crippen molar-refractivity contribution in [2.75, 3.05) is 26.2 Å². The van der Waals surface area contributed by atoms with Crippen LogP contribution in [0, 0.1) is 12.7 Å². The van der Waals surface area contributed by atoms with Crippen LogP contribution in [0.25, 0.3) is 11.4 Å². The van der Waals surface area contributed by atoms with Crippen LogP contribution in [0.3, 0.4) is 0 Å². The Morgan fingerprint density at radius 1 is 1.10 bits per heavy atom. The molecule has 4 rings (SSSR count). The average molecular weight is 394 g/mol. The molecule has 1 aliphatic rings. The summed E-state index contributed by atoms with van der Waals surface area (Å²) in [6.45, 7) is 6.43. The van der Waals surface area contributed by atoms with E-state index in [1.807, 2.05) is 42.2 Å². The molecule has 0 spiro atoms. The summed E-state index contributed by atoms with van der Waals surface area (Å²) in [5.74, 6) is 0.632. The molecule has 0 bridgehead atoms. The molecule has 2 heterocycles. The second-order valence-corrected chi connectivity index (χ2v) is 7.29. The van der Waals surface area contributed by atoms with Gasteiger partial charge in [-0.3, -0.25) is 9.69 Å². The molecule has 1 fully saturated rings. The number of rotatable bonds is 4. The first-order chi connectivity index (χ1) is 14.0. The van der Waals surface area contributed by atoms with Gasteiger partial charge in [-0.1, -0.05) is 35.5 Å². The summed E-state index contributed by atoms with van der Waals surface area (Å²) in [5.41, 5.74) is 1.88. The molecule has 3 aromatic rings. The Bertz CT molecular complexity index is 997. The monoisotopic (exact) mass is 394 g/mol. The minimum atomic E-state index is -0.291. The minimum Gasteiger partial charge on any atom is -0.337 e. The summed E-state index contributed by atoms with van der Waals surface area (Å²) in [7, 11) is 0. The number of aromatic nitrogens is 2. The number of nitrogens with zero attached hydrogens (tertiary/aromatic N) is 4. The molecule has 0 N–H and O–H groups in total. The zero-order chi connectivity index (χ0) is 20.4. The third-order valence-electron chi connectivity index (χ3n) is 5.40. The second-order valence-electron chi connectivity index (χ2n) is 7.29. The van der Waals surface area contributed by atoms with Crippen LogP contribution < -0.4 is 0 Å². The van der Waals surface area contributed by atoms with Gasteiger partial charge in [-0.25, -0.2) is 4.39 Å². The lowest BCUT2D eigenvalue weighted by atomic mass is 10.1. The van der Waals surface area contributed by atoms with E-state index in [0.29, 0.717) is 41.5 Å². The molecule has 1 aromatic heterocycles. The van der Waals surface area contributed by atoms with Crippen LogP contribution in [0.5, 0.6) is 0 Å². The van der Waals surface area contributed by atoms with Crippen LogP contribution >= 0.6 is 0 Å². The Kier molecular flexibility index (Phi) is 5.40. The molecule has 0 saturated carbocycles. The summed E-state index contributed by atoms with van der Waals surface area (Å²) >= 11 is 0. The number of carbonyl (C=O) groups is 1. The molecular weight excluding hydrogens is 371 g/mol. The van der Waals surface area contributed by atoms with Crippen LogP contribution in [-0.2, 0) is 0 Å². The standard InChI is InChI=1S/C22H23FN4O2/c1-15-8-9-18(14-19(15)23)20-24-21(29-25-20)16(2)26-10-12-27(13-11-26)22(28)17-6-4-3-5-7-17/h3-9,14,16H,10-13H2,1-2H3. The fourth-order valence-electron chi connectivity index (χ4n) is 3.49. The van der Waals surface area contributed by atoms with Crippen molar-refractivity contribution in [1.29, 1.82) is 0 Å². The molecular formula is C22H23FN4O2. The first-order valence-electron chi connectivity index (χ1n) is 9.71. The van der Waals surface area contributed by atoms with Gasteiger partial charge in [-0.2, -0.15) is 4.98 Å². The zero-order valence-corrected chi connectivity index (χ0v) is 16.5. The Hall–Kier alpha value is -3.06. The lowest BCUT2D eigenvalue weighted by Gasteiger charge is -2.36. The maximum Gasteiger partial charge on any atom is 0.253 e. The van der Waals surface area contributed by atoms with Crippen molar-refractivity contribution in [2.24, 2.45) is 0 Å². The van der Waals surface area contributed by atoms with E-state index in [9.17, 15) is 9.18 Å². The Balaban J connectivity index is 1.40. The Morgan fingerprint density at radius 2 is 1.83 bits per heavy atom. The minimum absolute atomic E-state index is 0.0550. The van der Waals surface area contributed by atoms with Gasteiger partial charge in [-0.15, -0.1) is 0 Å². The molecule has 0 aliphatic carbocycles. The summed E-state index contributed by atoms with van der Waals surface area (Å²) in [4.78, 5) is 21.1. The molecule has 1 atom stereocenters. The summed E-state index contributed by atoms with van der Waals surface area (Å²) in [5, 5.41) is 4.01. The smallest absolute Gasteiger partial charge is 0.253 e. The van der Waals surface area contributed by atoms with E-state index in [4.69, 9.17) is 4.52 Å². The first kappa shape index (κ1) is 19.3. The van der Waals surface area contributed by atoms with Gasteiger partial charge in [0.05, 0.1) is 6.04 Å². The van der Waals surface area contributed by atoms with Gasteiger partial charge in [0.15, 0.2) is 0 Å². The van der Waals surface area contributed by atoms with Crippen molar-refractivity contribution >= 4 is 5.91 Å². The summed E-state index contributed by atoms with van der Waals surface area (Å²) in [6.07, 6.45) is 0. The molecule has 6 nitrogen and oxygen atoms in total. The van der Waals surface area contributed by atoms with Gasteiger partial charge in [0.1, 0.15) is 5.82 Å². The van der Waals surface area contributed by atoms with Gasteiger partial charge in [0.25, 0.3) is 5.91 Å². The maximum atomic E-state index is 13.8. The van der Waals surface area contributed by atoms with Crippen LogP contribution in [0.1, 0.15) is 34.8 Å². The SMILES string of the molecule is Cc1ccc(-c2noc(C(C)N3CCN(C(=O)c4ccccc4)CC3)n2)cc1F. The summed E-state index contributed by atoms with van der Waals surface area (Å²) < 4.78 is 19.3. The number of benzene rings is 2. The van der Waals surface area contributed by atoms with Gasteiger partial charge < -0.3 is 9.42 Å². The van der Waals surface area contributed by atoms with Gasteiger partial charge in [0, 0.05) is 37.3 Å². The molecule has 29 heavy (non-hydrogen) atoms. The van der Waals surface area contributed by atoms with Gasteiger partial charge >= 0.3 is 0 Å². The van der Waals surface area contributed by atoms with E-state index >= 15 is 0 Å². The average Bonchev–Trinajstić information content (AvgIpc) is 3.25. The molecule has 2 aromatic carbocycles. The normalized spacial score (nSPS) is 16.0. The molecule has 1 saturated heterocycles. The lowest BCUT2D eigenvalue weighted by Crippen LogP contribution is -2.49. The van der Waals surface area contributed by atoms with Crippen LogP contribution in [0.15, 0.2) is 53.1 Å². The first-order valence-corrected chi connectivity index (χ1v) is 9.71. The number of halogens is 1. The molecule has 1 amide bonds. The van der Waals surface area contributed by atoms with E-state index in [2.05, 4.69) is 15.0 Å². The van der Waals surface area contributed by atoms with Crippen molar-refractivity contribution in [2.45, 2.75) is 19.9 Å². The molecule has 1 unspecified atom stereocenters. The number of carbonyl (C=O) groups excluding carboxylic acids is 1. The van der Waals surface area contributed by atoms with E-state index in [1.165, 1.54) is 6.07 Å². The van der Waals surface area contributed by atoms with E-state index in [1.54, 1.807) is 19.1 Å². The molecule has 150 valence electrons. The fourth-order valence-corrected chi connectivity index (χ4v) is 3.49. The summed E-state index contributed by atoms with van der Waals surface area (Å²) in [6, 6.07) is 14.1. The highest BCUT2D eigenvalue weighted by Crippen LogP contribution is 2.24. The van der Waals surface area contributed by atoms with E-state index in [-0.39, 0.29) is 17.8 Å². The quantitative estimate of drug-likeness (QED) is 0.675. The number of amides is 1. The Morgan fingerprint density at radius 3 is 2.52 bits per heavy atom. The van der Waals surface area contributed by atoms with E-state index < -0.39 is 0 Å². The van der Waals surface area contributed by atoms with Crippen molar-refractivity contribution in [3.8, 4) is 11.4 Å². The van der Waals surface area contributed by atoms with Crippen molar-refractivity contribution in [1.82, 2.24) is 19.9 Å². The van der Waals surface area contributed by atoms with Crippen LogP contribution in [0.2, 0.25) is 0 Å². The number of hydrogen-bond donors (Lipinski definition) is 0. The van der Waals surface area contributed by atoms with Gasteiger partial charge in [0.2, 0.25) is 11.7 Å². The molecule has 1 aliphatic heterocycles. The molecule has 0 radical (unpaired) electrons. The zero-order valence-electron chi connectivity index (χ0n) is 16.5. The van der Waals surface area contributed by atoms with Crippen molar-refractivity contribution in [3.05, 3.63) is 71.4 Å². The topological polar surface area (TPSA) is 62.5 Å². The Labute approximate surface area is 168 Å².